The quantitative estimate of drug-likeness (QED) is 0.742. The van der Waals surface area contributed by atoms with E-state index in [1.807, 2.05) is 6.07 Å². The fourth-order valence-corrected chi connectivity index (χ4v) is 2.98. The van der Waals surface area contributed by atoms with E-state index in [0.717, 1.165) is 18.5 Å². The summed E-state index contributed by atoms with van der Waals surface area (Å²) in [6.45, 7) is 1.32. The molecule has 3 aromatic rings. The van der Waals surface area contributed by atoms with Crippen LogP contribution in [0.2, 0.25) is 0 Å². The third-order valence-electron chi connectivity index (χ3n) is 4.23. The average molecular weight is 342 g/mol. The van der Waals surface area contributed by atoms with Crippen molar-refractivity contribution in [2.75, 3.05) is 25.6 Å². The van der Waals surface area contributed by atoms with Gasteiger partial charge in [0.25, 0.3) is 0 Å². The summed E-state index contributed by atoms with van der Waals surface area (Å²) in [5.41, 5.74) is 1.77. The van der Waals surface area contributed by atoms with Gasteiger partial charge in [-0.2, -0.15) is 4.98 Å². The summed E-state index contributed by atoms with van der Waals surface area (Å²) < 4.78 is 12.1. The standard InChI is InChI=1S/C16H18N6O3/c1-24-13-3-2-10(8-17-13)19-15-18-9-12-14(20-15)21-16(23)22(12)11-4-6-25-7-5-11/h2-3,8-9,11H,4-7H2,1H3,(H2,18,19,20,21,23). The van der Waals surface area contributed by atoms with Gasteiger partial charge in [-0.05, 0) is 18.9 Å². The molecule has 0 saturated carbocycles. The first-order chi connectivity index (χ1) is 12.2. The zero-order chi connectivity index (χ0) is 17.2. The molecule has 0 atom stereocenters. The molecule has 0 aliphatic carbocycles. The van der Waals surface area contributed by atoms with E-state index in [0.29, 0.717) is 36.2 Å². The number of imidazole rings is 1. The average Bonchev–Trinajstić information content (AvgIpc) is 2.98. The first-order valence-electron chi connectivity index (χ1n) is 8.06. The molecular weight excluding hydrogens is 324 g/mol. The SMILES string of the molecule is COc1ccc(Nc2ncc3c(n2)[nH]c(=O)n3C2CCOCC2)cn1. The highest BCUT2D eigenvalue weighted by molar-refractivity contribution is 5.72. The zero-order valence-corrected chi connectivity index (χ0v) is 13.7. The number of rotatable bonds is 4. The van der Waals surface area contributed by atoms with E-state index >= 15 is 0 Å². The number of ether oxygens (including phenoxy) is 2. The number of methoxy groups -OCH3 is 1. The Balaban J connectivity index is 1.63. The molecule has 0 spiro atoms. The van der Waals surface area contributed by atoms with Crippen LogP contribution in [0.4, 0.5) is 11.6 Å². The van der Waals surface area contributed by atoms with Gasteiger partial charge in [-0.1, -0.05) is 0 Å². The molecule has 1 aliphatic heterocycles. The Morgan fingerprint density at radius 1 is 1.28 bits per heavy atom. The van der Waals surface area contributed by atoms with Crippen molar-refractivity contribution < 1.29 is 9.47 Å². The van der Waals surface area contributed by atoms with Crippen molar-refractivity contribution >= 4 is 22.8 Å². The zero-order valence-electron chi connectivity index (χ0n) is 13.7. The Morgan fingerprint density at radius 2 is 2.12 bits per heavy atom. The van der Waals surface area contributed by atoms with Crippen molar-refractivity contribution in [2.45, 2.75) is 18.9 Å². The number of nitrogens with zero attached hydrogens (tertiary/aromatic N) is 4. The molecule has 0 radical (unpaired) electrons. The molecule has 130 valence electrons. The van der Waals surface area contributed by atoms with Gasteiger partial charge in [0.2, 0.25) is 11.8 Å². The normalized spacial score (nSPS) is 15.4. The van der Waals surface area contributed by atoms with Crippen molar-refractivity contribution in [2.24, 2.45) is 0 Å². The number of H-pyrrole nitrogens is 1. The van der Waals surface area contributed by atoms with Crippen molar-refractivity contribution in [3.05, 3.63) is 35.0 Å². The number of anilines is 2. The highest BCUT2D eigenvalue weighted by Crippen LogP contribution is 2.23. The Labute approximate surface area is 143 Å². The van der Waals surface area contributed by atoms with Gasteiger partial charge in [0.05, 0.1) is 25.2 Å². The Morgan fingerprint density at radius 3 is 2.84 bits per heavy atom. The minimum atomic E-state index is -0.167. The second kappa shape index (κ2) is 6.52. The van der Waals surface area contributed by atoms with E-state index in [1.165, 1.54) is 0 Å². The lowest BCUT2D eigenvalue weighted by atomic mass is 10.1. The van der Waals surface area contributed by atoms with Crippen molar-refractivity contribution in [3.8, 4) is 5.88 Å². The molecule has 9 nitrogen and oxygen atoms in total. The maximum atomic E-state index is 12.3. The van der Waals surface area contributed by atoms with Crippen LogP contribution in [0.25, 0.3) is 11.2 Å². The van der Waals surface area contributed by atoms with Gasteiger partial charge >= 0.3 is 5.69 Å². The summed E-state index contributed by atoms with van der Waals surface area (Å²) in [7, 11) is 1.56. The van der Waals surface area contributed by atoms with Gasteiger partial charge < -0.3 is 14.8 Å². The number of pyridine rings is 1. The topological polar surface area (TPSA) is 107 Å². The monoisotopic (exact) mass is 342 g/mol. The molecule has 0 aromatic carbocycles. The van der Waals surface area contributed by atoms with E-state index in [4.69, 9.17) is 9.47 Å². The van der Waals surface area contributed by atoms with Crippen LogP contribution in [0.1, 0.15) is 18.9 Å². The molecule has 1 aliphatic rings. The molecule has 1 saturated heterocycles. The van der Waals surface area contributed by atoms with Gasteiger partial charge in [-0.25, -0.2) is 14.8 Å². The van der Waals surface area contributed by atoms with Gasteiger partial charge in [0.15, 0.2) is 5.65 Å². The van der Waals surface area contributed by atoms with Crippen LogP contribution in [-0.2, 0) is 4.74 Å². The van der Waals surface area contributed by atoms with Crippen molar-refractivity contribution in [1.82, 2.24) is 24.5 Å². The third-order valence-corrected chi connectivity index (χ3v) is 4.23. The van der Waals surface area contributed by atoms with E-state index in [9.17, 15) is 4.79 Å². The second-order valence-electron chi connectivity index (χ2n) is 5.79. The van der Waals surface area contributed by atoms with Gasteiger partial charge in [-0.15, -0.1) is 0 Å². The summed E-state index contributed by atoms with van der Waals surface area (Å²) in [6, 6.07) is 3.67. The lowest BCUT2D eigenvalue weighted by Crippen LogP contribution is -2.27. The predicted molar refractivity (Wildman–Crippen MR) is 91.3 cm³/mol. The summed E-state index contributed by atoms with van der Waals surface area (Å²) in [6.07, 6.45) is 4.91. The lowest BCUT2D eigenvalue weighted by Gasteiger charge is -2.23. The highest BCUT2D eigenvalue weighted by atomic mass is 16.5. The van der Waals surface area contributed by atoms with Crippen LogP contribution >= 0.6 is 0 Å². The Hall–Kier alpha value is -2.94. The van der Waals surface area contributed by atoms with Gasteiger partial charge in [0.1, 0.15) is 5.52 Å². The van der Waals surface area contributed by atoms with E-state index < -0.39 is 0 Å². The van der Waals surface area contributed by atoms with Crippen LogP contribution in [-0.4, -0.2) is 44.8 Å². The molecule has 0 bridgehead atoms. The molecule has 3 aromatic heterocycles. The van der Waals surface area contributed by atoms with E-state index in [2.05, 4.69) is 25.3 Å². The van der Waals surface area contributed by atoms with Crippen LogP contribution < -0.4 is 15.7 Å². The molecule has 1 fully saturated rings. The van der Waals surface area contributed by atoms with E-state index in [-0.39, 0.29) is 11.7 Å². The van der Waals surface area contributed by atoms with Gasteiger partial charge in [-0.3, -0.25) is 9.55 Å². The molecule has 0 amide bonds. The van der Waals surface area contributed by atoms with Crippen molar-refractivity contribution in [1.29, 1.82) is 0 Å². The number of aromatic amines is 1. The third kappa shape index (κ3) is 3.05. The summed E-state index contributed by atoms with van der Waals surface area (Å²) in [5.74, 6) is 0.916. The summed E-state index contributed by atoms with van der Waals surface area (Å²) in [4.78, 5) is 28.0. The molecule has 2 N–H and O–H groups in total. The van der Waals surface area contributed by atoms with E-state index in [1.54, 1.807) is 30.1 Å². The maximum absolute atomic E-state index is 12.3. The number of aromatic nitrogens is 5. The molecule has 9 heteroatoms. The molecule has 25 heavy (non-hydrogen) atoms. The maximum Gasteiger partial charge on any atom is 0.327 e. The molecule has 4 rings (SSSR count). The lowest BCUT2D eigenvalue weighted by molar-refractivity contribution is 0.0698. The number of hydrogen-bond acceptors (Lipinski definition) is 7. The first kappa shape index (κ1) is 15.6. The van der Waals surface area contributed by atoms with Crippen LogP contribution in [0.15, 0.2) is 29.3 Å². The minimum Gasteiger partial charge on any atom is -0.481 e. The molecule has 0 unspecified atom stereocenters. The largest absolute Gasteiger partial charge is 0.481 e. The fourth-order valence-electron chi connectivity index (χ4n) is 2.98. The Kier molecular flexibility index (Phi) is 4.06. The Bertz CT molecular complexity index is 927. The first-order valence-corrected chi connectivity index (χ1v) is 8.06. The highest BCUT2D eigenvalue weighted by Gasteiger charge is 2.21. The number of nitrogens with one attached hydrogen (secondary N) is 2. The predicted octanol–water partition coefficient (Wildman–Crippen LogP) is 1.62. The fraction of sp³-hybridized carbons (Fsp3) is 0.375. The van der Waals surface area contributed by atoms with Crippen LogP contribution in [0, 0.1) is 0 Å². The number of hydrogen-bond donors (Lipinski definition) is 2. The second-order valence-corrected chi connectivity index (χ2v) is 5.79. The molecular formula is C16H18N6O3. The van der Waals surface area contributed by atoms with Crippen LogP contribution in [0.5, 0.6) is 5.88 Å². The summed E-state index contributed by atoms with van der Waals surface area (Å²) in [5, 5.41) is 3.06. The minimum absolute atomic E-state index is 0.114. The van der Waals surface area contributed by atoms with Gasteiger partial charge in [0, 0.05) is 25.3 Å². The smallest absolute Gasteiger partial charge is 0.327 e. The number of fused-ring (bicyclic) bond motifs is 1. The summed E-state index contributed by atoms with van der Waals surface area (Å²) >= 11 is 0. The molecule has 4 heterocycles. The van der Waals surface area contributed by atoms with Crippen LogP contribution in [0.3, 0.4) is 0 Å². The van der Waals surface area contributed by atoms with Crippen molar-refractivity contribution in [3.63, 3.8) is 0 Å².